The Labute approximate surface area is 205 Å². The predicted octanol–water partition coefficient (Wildman–Crippen LogP) is 5.45. The number of benzene rings is 3. The number of hydrogen-bond acceptors (Lipinski definition) is 4. The van der Waals surface area contributed by atoms with Crippen molar-refractivity contribution in [3.05, 3.63) is 104 Å². The molecular formula is C26H20Cl2N2O4. The molecule has 0 spiro atoms. The zero-order valence-corrected chi connectivity index (χ0v) is 19.5. The normalized spacial score (nSPS) is 12.5. The molecule has 0 saturated carbocycles. The van der Waals surface area contributed by atoms with Crippen LogP contribution in [-0.2, 0) is 13.1 Å². The number of nitrogens with one attached hydrogen (secondary N) is 1. The standard InChI is InChI=1S/C26H20Cl2N2O4/c27-20-6-3-5-16(11-20)26(32)30(14-17-4-1-2-7-21(17)28)15-19-10-18-12-23-24(34-9-8-33-23)13-22(18)29-25(19)31/h1-7,10-13H,8-9,14-15H2,(H,29,31). The van der Waals surface area contributed by atoms with Crippen LogP contribution < -0.4 is 15.0 Å². The number of carbonyl (C=O) groups is 1. The van der Waals surface area contributed by atoms with Gasteiger partial charge in [-0.2, -0.15) is 0 Å². The van der Waals surface area contributed by atoms with E-state index in [9.17, 15) is 9.59 Å². The summed E-state index contributed by atoms with van der Waals surface area (Å²) in [4.78, 5) is 30.9. The minimum atomic E-state index is -0.285. The van der Waals surface area contributed by atoms with Crippen LogP contribution in [0.25, 0.3) is 10.9 Å². The van der Waals surface area contributed by atoms with Gasteiger partial charge < -0.3 is 19.4 Å². The van der Waals surface area contributed by atoms with Crippen molar-refractivity contribution in [2.75, 3.05) is 13.2 Å². The molecule has 0 atom stereocenters. The molecule has 0 fully saturated rings. The number of aromatic nitrogens is 1. The Morgan fingerprint density at radius 3 is 2.38 bits per heavy atom. The van der Waals surface area contributed by atoms with E-state index in [-0.39, 0.29) is 24.6 Å². The summed E-state index contributed by atoms with van der Waals surface area (Å²) in [5.41, 5.74) is 1.99. The van der Waals surface area contributed by atoms with E-state index in [1.807, 2.05) is 24.3 Å². The molecule has 1 amide bonds. The summed E-state index contributed by atoms with van der Waals surface area (Å²) in [6, 6.07) is 19.4. The van der Waals surface area contributed by atoms with Crippen molar-refractivity contribution in [1.82, 2.24) is 9.88 Å². The molecule has 8 heteroatoms. The SMILES string of the molecule is O=C(c1cccc(Cl)c1)N(Cc1ccccc1Cl)Cc1cc2cc3c(cc2[nH]c1=O)OCCO3. The fraction of sp³-hybridized carbons (Fsp3) is 0.154. The van der Waals surface area contributed by atoms with Crippen LogP contribution in [0.5, 0.6) is 11.5 Å². The lowest BCUT2D eigenvalue weighted by molar-refractivity contribution is 0.0729. The Bertz CT molecular complexity index is 1450. The molecule has 0 bridgehead atoms. The summed E-state index contributed by atoms with van der Waals surface area (Å²) in [7, 11) is 0. The zero-order valence-electron chi connectivity index (χ0n) is 18.0. The number of H-pyrrole nitrogens is 1. The average molecular weight is 495 g/mol. The van der Waals surface area contributed by atoms with Crippen LogP contribution in [-0.4, -0.2) is 29.0 Å². The lowest BCUT2D eigenvalue weighted by atomic mass is 10.1. The molecule has 1 aromatic heterocycles. The number of pyridine rings is 1. The molecule has 0 saturated heterocycles. The van der Waals surface area contributed by atoms with Crippen molar-refractivity contribution in [3.63, 3.8) is 0 Å². The molecule has 3 aromatic carbocycles. The third-order valence-electron chi connectivity index (χ3n) is 5.62. The second-order valence-corrected chi connectivity index (χ2v) is 8.81. The van der Waals surface area contributed by atoms with E-state index in [1.54, 1.807) is 47.4 Å². The second kappa shape index (κ2) is 9.41. The first-order chi connectivity index (χ1) is 16.5. The number of fused-ring (bicyclic) bond motifs is 2. The highest BCUT2D eigenvalue weighted by molar-refractivity contribution is 6.31. The van der Waals surface area contributed by atoms with E-state index < -0.39 is 0 Å². The smallest absolute Gasteiger partial charge is 0.254 e. The molecule has 34 heavy (non-hydrogen) atoms. The van der Waals surface area contributed by atoms with Crippen LogP contribution in [0, 0.1) is 0 Å². The molecule has 2 heterocycles. The van der Waals surface area contributed by atoms with Gasteiger partial charge >= 0.3 is 0 Å². The number of rotatable bonds is 5. The lowest BCUT2D eigenvalue weighted by Gasteiger charge is -2.24. The van der Waals surface area contributed by atoms with E-state index in [2.05, 4.69) is 4.98 Å². The average Bonchev–Trinajstić information content (AvgIpc) is 2.83. The van der Waals surface area contributed by atoms with Crippen molar-refractivity contribution in [2.24, 2.45) is 0 Å². The van der Waals surface area contributed by atoms with Gasteiger partial charge in [0.15, 0.2) is 11.5 Å². The zero-order chi connectivity index (χ0) is 23.7. The van der Waals surface area contributed by atoms with Gasteiger partial charge in [-0.05, 0) is 42.0 Å². The largest absolute Gasteiger partial charge is 0.486 e. The van der Waals surface area contributed by atoms with E-state index in [1.165, 1.54) is 0 Å². The topological polar surface area (TPSA) is 71.6 Å². The molecule has 1 N–H and O–H groups in total. The summed E-state index contributed by atoms with van der Waals surface area (Å²) in [5.74, 6) is 0.961. The maximum Gasteiger partial charge on any atom is 0.254 e. The highest BCUT2D eigenvalue weighted by Crippen LogP contribution is 2.33. The summed E-state index contributed by atoms with van der Waals surface area (Å²) in [6.07, 6.45) is 0. The molecule has 0 radical (unpaired) electrons. The monoisotopic (exact) mass is 494 g/mol. The highest BCUT2D eigenvalue weighted by Gasteiger charge is 2.21. The number of carbonyl (C=O) groups excluding carboxylic acids is 1. The highest BCUT2D eigenvalue weighted by atomic mass is 35.5. The Kier molecular flexibility index (Phi) is 6.18. The number of nitrogens with zero attached hydrogens (tertiary/aromatic N) is 1. The van der Waals surface area contributed by atoms with Crippen LogP contribution in [0.15, 0.2) is 71.5 Å². The van der Waals surface area contributed by atoms with Crippen LogP contribution in [0.1, 0.15) is 21.5 Å². The molecular weight excluding hydrogens is 475 g/mol. The van der Waals surface area contributed by atoms with Gasteiger partial charge in [-0.25, -0.2) is 0 Å². The van der Waals surface area contributed by atoms with Crippen molar-refractivity contribution in [2.45, 2.75) is 13.1 Å². The summed E-state index contributed by atoms with van der Waals surface area (Å²) in [6.45, 7) is 1.23. The Morgan fingerprint density at radius 1 is 0.882 bits per heavy atom. The minimum Gasteiger partial charge on any atom is -0.486 e. The number of amides is 1. The minimum absolute atomic E-state index is 0.0796. The van der Waals surface area contributed by atoms with Crippen LogP contribution in [0.2, 0.25) is 10.0 Å². The van der Waals surface area contributed by atoms with Gasteiger partial charge in [0.05, 0.1) is 12.1 Å². The fourth-order valence-electron chi connectivity index (χ4n) is 3.95. The van der Waals surface area contributed by atoms with Gasteiger partial charge in [-0.1, -0.05) is 47.5 Å². The Morgan fingerprint density at radius 2 is 1.62 bits per heavy atom. The van der Waals surface area contributed by atoms with E-state index >= 15 is 0 Å². The van der Waals surface area contributed by atoms with Gasteiger partial charge in [0, 0.05) is 39.2 Å². The van der Waals surface area contributed by atoms with E-state index in [4.69, 9.17) is 32.7 Å². The second-order valence-electron chi connectivity index (χ2n) is 7.97. The van der Waals surface area contributed by atoms with Crippen LogP contribution in [0.4, 0.5) is 0 Å². The van der Waals surface area contributed by atoms with Gasteiger partial charge in [-0.15, -0.1) is 0 Å². The summed E-state index contributed by atoms with van der Waals surface area (Å²) in [5, 5.41) is 1.79. The van der Waals surface area contributed by atoms with Gasteiger partial charge in [-0.3, -0.25) is 9.59 Å². The molecule has 4 aromatic rings. The number of halogens is 2. The van der Waals surface area contributed by atoms with Gasteiger partial charge in [0.25, 0.3) is 11.5 Å². The Balaban J connectivity index is 1.53. The maximum atomic E-state index is 13.5. The molecule has 0 unspecified atom stereocenters. The van der Waals surface area contributed by atoms with Gasteiger partial charge in [0.2, 0.25) is 0 Å². The third-order valence-corrected chi connectivity index (χ3v) is 6.23. The molecule has 1 aliphatic heterocycles. The van der Waals surface area contributed by atoms with Crippen molar-refractivity contribution >= 4 is 40.0 Å². The number of ether oxygens (including phenoxy) is 2. The third kappa shape index (κ3) is 4.60. The van der Waals surface area contributed by atoms with Gasteiger partial charge in [0.1, 0.15) is 13.2 Å². The summed E-state index contributed by atoms with van der Waals surface area (Å²) >= 11 is 12.5. The first kappa shape index (κ1) is 22.3. The Hall–Kier alpha value is -3.48. The maximum absolute atomic E-state index is 13.5. The number of aromatic amines is 1. The first-order valence-corrected chi connectivity index (χ1v) is 11.5. The van der Waals surface area contributed by atoms with Crippen molar-refractivity contribution < 1.29 is 14.3 Å². The van der Waals surface area contributed by atoms with Crippen molar-refractivity contribution in [3.8, 4) is 11.5 Å². The van der Waals surface area contributed by atoms with E-state index in [0.717, 1.165) is 10.9 Å². The van der Waals surface area contributed by atoms with Crippen molar-refractivity contribution in [1.29, 1.82) is 0 Å². The van der Waals surface area contributed by atoms with E-state index in [0.29, 0.717) is 51.4 Å². The molecule has 6 nitrogen and oxygen atoms in total. The molecule has 1 aliphatic rings. The number of hydrogen-bond donors (Lipinski definition) is 1. The fourth-order valence-corrected chi connectivity index (χ4v) is 4.33. The molecule has 5 rings (SSSR count). The van der Waals surface area contributed by atoms with Crippen LogP contribution in [0.3, 0.4) is 0 Å². The van der Waals surface area contributed by atoms with Crippen LogP contribution >= 0.6 is 23.2 Å². The lowest BCUT2D eigenvalue weighted by Crippen LogP contribution is -2.32. The quantitative estimate of drug-likeness (QED) is 0.400. The molecule has 172 valence electrons. The predicted molar refractivity (Wildman–Crippen MR) is 132 cm³/mol. The summed E-state index contributed by atoms with van der Waals surface area (Å²) < 4.78 is 11.3. The first-order valence-electron chi connectivity index (χ1n) is 10.7. The molecule has 0 aliphatic carbocycles.